The van der Waals surface area contributed by atoms with E-state index in [4.69, 9.17) is 5.11 Å². The number of sulfonamides is 1. The van der Waals surface area contributed by atoms with E-state index in [1.807, 2.05) is 0 Å². The van der Waals surface area contributed by atoms with Gasteiger partial charge >= 0.3 is 5.97 Å². The van der Waals surface area contributed by atoms with Gasteiger partial charge in [0.1, 0.15) is 0 Å². The largest absolute Gasteiger partial charge is 0.469 e. The Balaban J connectivity index is 2.60. The zero-order chi connectivity index (χ0) is 12.9. The average Bonchev–Trinajstić information content (AvgIpc) is 2.23. The van der Waals surface area contributed by atoms with Crippen molar-refractivity contribution in [3.8, 4) is 0 Å². The van der Waals surface area contributed by atoms with Crippen molar-refractivity contribution in [2.24, 2.45) is 0 Å². The molecule has 17 heavy (non-hydrogen) atoms. The van der Waals surface area contributed by atoms with E-state index in [1.54, 1.807) is 0 Å². The van der Waals surface area contributed by atoms with E-state index in [-0.39, 0.29) is 31.4 Å². The van der Waals surface area contributed by atoms with E-state index in [0.29, 0.717) is 0 Å². The normalized spacial score (nSPS) is 16.9. The molecule has 0 spiro atoms. The predicted octanol–water partition coefficient (Wildman–Crippen LogP) is -0.274. The fourth-order valence-electron chi connectivity index (χ4n) is 1.75. The van der Waals surface area contributed by atoms with Crippen LogP contribution in [0.1, 0.15) is 25.7 Å². The molecular formula is C10H19NO5S. The Morgan fingerprint density at radius 1 is 1.47 bits per heavy atom. The number of aliphatic hydroxyl groups excluding tert-OH is 1. The summed E-state index contributed by atoms with van der Waals surface area (Å²) in [7, 11) is -2.25. The second-order valence-electron chi connectivity index (χ2n) is 4.06. The molecule has 100 valence electrons. The zero-order valence-electron chi connectivity index (χ0n) is 9.96. The summed E-state index contributed by atoms with van der Waals surface area (Å²) >= 11 is 0. The lowest BCUT2D eigenvalue weighted by atomic mass is 9.93. The molecule has 1 aliphatic carbocycles. The van der Waals surface area contributed by atoms with Crippen LogP contribution in [0, 0.1) is 0 Å². The van der Waals surface area contributed by atoms with Crippen LogP contribution in [0.15, 0.2) is 0 Å². The van der Waals surface area contributed by atoms with Gasteiger partial charge < -0.3 is 9.84 Å². The van der Waals surface area contributed by atoms with Gasteiger partial charge in [0.2, 0.25) is 10.0 Å². The molecule has 7 heteroatoms. The number of hydrogen-bond acceptors (Lipinski definition) is 5. The highest BCUT2D eigenvalue weighted by Crippen LogP contribution is 2.27. The SMILES string of the molecule is COC(=O)CCS(=O)(=O)N(CCO)C1CCC1. The number of carbonyl (C=O) groups excluding carboxylic acids is 1. The first-order valence-corrected chi connectivity index (χ1v) is 7.29. The third-order valence-corrected chi connectivity index (χ3v) is 4.87. The van der Waals surface area contributed by atoms with Gasteiger partial charge in [0.05, 0.1) is 25.9 Å². The van der Waals surface area contributed by atoms with Crippen LogP contribution in [-0.4, -0.2) is 55.9 Å². The molecule has 0 unspecified atom stereocenters. The van der Waals surface area contributed by atoms with Crippen molar-refractivity contribution in [3.63, 3.8) is 0 Å². The number of aliphatic hydroxyl groups is 1. The van der Waals surface area contributed by atoms with Crippen LogP contribution < -0.4 is 0 Å². The molecule has 0 heterocycles. The van der Waals surface area contributed by atoms with Gasteiger partial charge in [-0.3, -0.25) is 4.79 Å². The molecule has 6 nitrogen and oxygen atoms in total. The summed E-state index contributed by atoms with van der Waals surface area (Å²) < 4.78 is 29.7. The summed E-state index contributed by atoms with van der Waals surface area (Å²) in [5.41, 5.74) is 0. The summed E-state index contributed by atoms with van der Waals surface area (Å²) in [6.07, 6.45) is 2.53. The molecule has 1 fully saturated rings. The van der Waals surface area contributed by atoms with E-state index >= 15 is 0 Å². The number of rotatable bonds is 7. The molecule has 0 aromatic heterocycles. The van der Waals surface area contributed by atoms with Crippen LogP contribution >= 0.6 is 0 Å². The first kappa shape index (κ1) is 14.4. The fraction of sp³-hybridized carbons (Fsp3) is 0.900. The van der Waals surface area contributed by atoms with Gasteiger partial charge in [0, 0.05) is 12.6 Å². The van der Waals surface area contributed by atoms with Crippen molar-refractivity contribution in [1.82, 2.24) is 4.31 Å². The van der Waals surface area contributed by atoms with Crippen molar-refractivity contribution >= 4 is 16.0 Å². The molecule has 0 atom stereocenters. The number of carbonyl (C=O) groups is 1. The number of hydrogen-bond donors (Lipinski definition) is 1. The monoisotopic (exact) mass is 265 g/mol. The molecule has 1 N–H and O–H groups in total. The highest BCUT2D eigenvalue weighted by molar-refractivity contribution is 7.89. The third kappa shape index (κ3) is 3.93. The molecule has 0 bridgehead atoms. The Bertz CT molecular complexity index is 350. The first-order valence-electron chi connectivity index (χ1n) is 5.68. The van der Waals surface area contributed by atoms with E-state index in [0.717, 1.165) is 19.3 Å². The van der Waals surface area contributed by atoms with Crippen molar-refractivity contribution < 1.29 is 23.1 Å². The lowest BCUT2D eigenvalue weighted by molar-refractivity contribution is -0.140. The quantitative estimate of drug-likeness (QED) is 0.640. The number of esters is 1. The maximum Gasteiger partial charge on any atom is 0.306 e. The van der Waals surface area contributed by atoms with E-state index < -0.39 is 16.0 Å². The summed E-state index contributed by atoms with van der Waals surface area (Å²) in [6.45, 7) is -0.0951. The second-order valence-corrected chi connectivity index (χ2v) is 6.10. The molecule has 0 saturated heterocycles. The van der Waals surface area contributed by atoms with Crippen LogP contribution in [0.2, 0.25) is 0 Å². The minimum Gasteiger partial charge on any atom is -0.469 e. The highest BCUT2D eigenvalue weighted by Gasteiger charge is 2.33. The molecule has 0 aromatic carbocycles. The maximum absolute atomic E-state index is 12.0. The summed E-state index contributed by atoms with van der Waals surface area (Å²) in [5.74, 6) is -0.790. The predicted molar refractivity (Wildman–Crippen MR) is 61.9 cm³/mol. The highest BCUT2D eigenvalue weighted by atomic mass is 32.2. The standard InChI is InChI=1S/C10H19NO5S/c1-16-10(13)5-8-17(14,15)11(6-7-12)9-3-2-4-9/h9,12H,2-8H2,1H3. The molecule has 0 radical (unpaired) electrons. The zero-order valence-corrected chi connectivity index (χ0v) is 10.8. The Morgan fingerprint density at radius 2 is 2.12 bits per heavy atom. The second kappa shape index (κ2) is 6.32. The van der Waals surface area contributed by atoms with E-state index in [2.05, 4.69) is 4.74 Å². The Kier molecular flexibility index (Phi) is 5.35. The lowest BCUT2D eigenvalue weighted by Crippen LogP contribution is -2.46. The smallest absolute Gasteiger partial charge is 0.306 e. The maximum atomic E-state index is 12.0. The molecule has 0 amide bonds. The first-order chi connectivity index (χ1) is 8.01. The van der Waals surface area contributed by atoms with E-state index in [9.17, 15) is 13.2 Å². The number of methoxy groups -OCH3 is 1. The Hall–Kier alpha value is -0.660. The minimum absolute atomic E-state index is 0.00945. The van der Waals surface area contributed by atoms with Gasteiger partial charge in [-0.05, 0) is 12.8 Å². The van der Waals surface area contributed by atoms with Gasteiger partial charge in [0.15, 0.2) is 0 Å². The third-order valence-electron chi connectivity index (χ3n) is 2.95. The Morgan fingerprint density at radius 3 is 2.53 bits per heavy atom. The van der Waals surface area contributed by atoms with Crippen LogP contribution in [0.25, 0.3) is 0 Å². The van der Waals surface area contributed by atoms with Crippen molar-refractivity contribution in [2.75, 3.05) is 26.0 Å². The molecule has 0 aromatic rings. The topological polar surface area (TPSA) is 83.9 Å². The van der Waals surface area contributed by atoms with Gasteiger partial charge in [-0.2, -0.15) is 4.31 Å². The van der Waals surface area contributed by atoms with Gasteiger partial charge in [-0.25, -0.2) is 8.42 Å². The van der Waals surface area contributed by atoms with Crippen molar-refractivity contribution in [2.45, 2.75) is 31.7 Å². The van der Waals surface area contributed by atoms with Crippen LogP contribution in [0.5, 0.6) is 0 Å². The van der Waals surface area contributed by atoms with Gasteiger partial charge in [-0.15, -0.1) is 0 Å². The lowest BCUT2D eigenvalue weighted by Gasteiger charge is -2.36. The fourth-order valence-corrected chi connectivity index (χ4v) is 3.44. The Labute approximate surface area is 102 Å². The number of nitrogens with zero attached hydrogens (tertiary/aromatic N) is 1. The minimum atomic E-state index is -3.48. The molecular weight excluding hydrogens is 246 g/mol. The molecule has 1 saturated carbocycles. The van der Waals surface area contributed by atoms with Crippen LogP contribution in [-0.2, 0) is 19.6 Å². The molecule has 1 aliphatic rings. The number of ether oxygens (including phenoxy) is 1. The van der Waals surface area contributed by atoms with Crippen molar-refractivity contribution in [1.29, 1.82) is 0 Å². The summed E-state index contributed by atoms with van der Waals surface area (Å²) in [6, 6.07) is -0.00945. The average molecular weight is 265 g/mol. The van der Waals surface area contributed by atoms with Crippen LogP contribution in [0.3, 0.4) is 0 Å². The van der Waals surface area contributed by atoms with Gasteiger partial charge in [0.25, 0.3) is 0 Å². The van der Waals surface area contributed by atoms with Crippen molar-refractivity contribution in [3.05, 3.63) is 0 Å². The summed E-state index contributed by atoms with van der Waals surface area (Å²) in [4.78, 5) is 10.9. The molecule has 0 aliphatic heterocycles. The summed E-state index contributed by atoms with van der Waals surface area (Å²) in [5, 5.41) is 8.89. The molecule has 1 rings (SSSR count). The van der Waals surface area contributed by atoms with Crippen LogP contribution in [0.4, 0.5) is 0 Å². The van der Waals surface area contributed by atoms with Gasteiger partial charge in [-0.1, -0.05) is 6.42 Å². The van der Waals surface area contributed by atoms with E-state index in [1.165, 1.54) is 11.4 Å².